The van der Waals surface area contributed by atoms with E-state index < -0.39 is 12.1 Å². The van der Waals surface area contributed by atoms with Crippen LogP contribution in [0.2, 0.25) is 0 Å². The van der Waals surface area contributed by atoms with Gasteiger partial charge in [-0.3, -0.25) is 4.79 Å². The van der Waals surface area contributed by atoms with Gasteiger partial charge in [0, 0.05) is 33.3 Å². The van der Waals surface area contributed by atoms with Gasteiger partial charge >= 0.3 is 6.18 Å². The topological polar surface area (TPSA) is 79.6 Å². The molecule has 0 radical (unpaired) electrons. The van der Waals surface area contributed by atoms with Gasteiger partial charge < -0.3 is 26.0 Å². The maximum absolute atomic E-state index is 12.9. The number of carbonyl (C=O) groups excluding carboxylic acids is 1. The van der Waals surface area contributed by atoms with Crippen LogP contribution in [-0.2, 0) is 4.74 Å². The SMILES string of the molecule is CNc1cc(N2CC(OC)C2)c(C(=O)N[C@H]2CC[C@H](C(F)(F)F)CC2)cc1N. The Morgan fingerprint density at radius 3 is 2.39 bits per heavy atom. The first-order chi connectivity index (χ1) is 13.2. The number of amides is 1. The molecule has 1 aromatic carbocycles. The molecule has 156 valence electrons. The minimum atomic E-state index is -4.16. The number of carbonyl (C=O) groups is 1. The Morgan fingerprint density at radius 2 is 1.86 bits per heavy atom. The third-order valence-electron chi connectivity index (χ3n) is 5.73. The van der Waals surface area contributed by atoms with Crippen LogP contribution in [-0.4, -0.2) is 51.5 Å². The molecule has 0 bridgehead atoms. The van der Waals surface area contributed by atoms with Crippen molar-refractivity contribution in [3.63, 3.8) is 0 Å². The molecule has 9 heteroatoms. The standard InChI is InChI=1S/C19H27F3N4O2/c1-24-16-8-17(26-9-13(10-26)28-2)14(7-15(16)23)18(27)25-12-5-3-11(4-6-12)19(20,21)22/h7-8,11-13,24H,3-6,9-10,23H2,1-2H3,(H,25,27)/t11-,12-. The molecule has 1 heterocycles. The second kappa shape index (κ2) is 8.06. The number of alkyl halides is 3. The quantitative estimate of drug-likeness (QED) is 0.663. The monoisotopic (exact) mass is 400 g/mol. The number of ether oxygens (including phenoxy) is 1. The third-order valence-corrected chi connectivity index (χ3v) is 5.73. The van der Waals surface area contributed by atoms with Gasteiger partial charge in [0.2, 0.25) is 0 Å². The number of methoxy groups -OCH3 is 1. The summed E-state index contributed by atoms with van der Waals surface area (Å²) in [6.45, 7) is 1.33. The normalized spacial score (nSPS) is 23.2. The van der Waals surface area contributed by atoms with E-state index in [4.69, 9.17) is 10.5 Å². The zero-order valence-corrected chi connectivity index (χ0v) is 16.1. The first-order valence-electron chi connectivity index (χ1n) is 9.49. The fourth-order valence-electron chi connectivity index (χ4n) is 3.88. The fraction of sp³-hybridized carbons (Fsp3) is 0.632. The molecule has 0 unspecified atom stereocenters. The highest BCUT2D eigenvalue weighted by Gasteiger charge is 2.41. The summed E-state index contributed by atoms with van der Waals surface area (Å²) in [7, 11) is 3.40. The number of rotatable bonds is 5. The van der Waals surface area contributed by atoms with Gasteiger partial charge in [-0.15, -0.1) is 0 Å². The zero-order chi connectivity index (χ0) is 20.5. The number of benzene rings is 1. The summed E-state index contributed by atoms with van der Waals surface area (Å²) >= 11 is 0. The molecular formula is C19H27F3N4O2. The minimum absolute atomic E-state index is 0.0454. The lowest BCUT2D eigenvalue weighted by atomic mass is 9.85. The van der Waals surface area contributed by atoms with E-state index in [0.29, 0.717) is 37.2 Å². The maximum atomic E-state index is 12.9. The Bertz CT molecular complexity index is 712. The molecule has 3 rings (SSSR count). The largest absolute Gasteiger partial charge is 0.397 e. The second-order valence-corrected chi connectivity index (χ2v) is 7.53. The van der Waals surface area contributed by atoms with Gasteiger partial charge in [0.25, 0.3) is 5.91 Å². The van der Waals surface area contributed by atoms with E-state index in [0.717, 1.165) is 11.4 Å². The van der Waals surface area contributed by atoms with Crippen LogP contribution in [0.1, 0.15) is 36.0 Å². The second-order valence-electron chi connectivity index (χ2n) is 7.53. The molecule has 4 N–H and O–H groups in total. The Balaban J connectivity index is 1.72. The highest BCUT2D eigenvalue weighted by atomic mass is 19.4. The molecule has 1 aliphatic heterocycles. The molecule has 2 fully saturated rings. The van der Waals surface area contributed by atoms with Gasteiger partial charge in [0.05, 0.1) is 34.6 Å². The van der Waals surface area contributed by atoms with Crippen molar-refractivity contribution in [1.82, 2.24) is 5.32 Å². The summed E-state index contributed by atoms with van der Waals surface area (Å²) in [4.78, 5) is 14.9. The van der Waals surface area contributed by atoms with Gasteiger partial charge in [0.1, 0.15) is 0 Å². The van der Waals surface area contributed by atoms with Crippen LogP contribution in [0, 0.1) is 5.92 Å². The minimum Gasteiger partial charge on any atom is -0.397 e. The summed E-state index contributed by atoms with van der Waals surface area (Å²) in [5, 5.41) is 5.91. The number of nitrogens with two attached hydrogens (primary N) is 1. The summed E-state index contributed by atoms with van der Waals surface area (Å²) in [6, 6.07) is 3.20. The molecule has 0 aromatic heterocycles. The zero-order valence-electron chi connectivity index (χ0n) is 16.1. The smallest absolute Gasteiger partial charge is 0.391 e. The van der Waals surface area contributed by atoms with Gasteiger partial charge in [-0.05, 0) is 37.8 Å². The highest BCUT2D eigenvalue weighted by molar-refractivity contribution is 6.02. The van der Waals surface area contributed by atoms with Crippen molar-refractivity contribution in [3.05, 3.63) is 17.7 Å². The lowest BCUT2D eigenvalue weighted by Crippen LogP contribution is -2.52. The number of anilines is 3. The average molecular weight is 400 g/mol. The molecule has 0 atom stereocenters. The molecular weight excluding hydrogens is 373 g/mol. The average Bonchev–Trinajstić information content (AvgIpc) is 2.61. The van der Waals surface area contributed by atoms with Crippen molar-refractivity contribution in [3.8, 4) is 0 Å². The van der Waals surface area contributed by atoms with Crippen molar-refractivity contribution >= 4 is 23.0 Å². The fourth-order valence-corrected chi connectivity index (χ4v) is 3.88. The summed E-state index contributed by atoms with van der Waals surface area (Å²) in [5.41, 5.74) is 8.38. The lowest BCUT2D eigenvalue weighted by Gasteiger charge is -2.41. The van der Waals surface area contributed by atoms with Gasteiger partial charge in [-0.1, -0.05) is 0 Å². The first-order valence-corrected chi connectivity index (χ1v) is 9.49. The van der Waals surface area contributed by atoms with E-state index in [1.165, 1.54) is 0 Å². The number of hydrogen-bond donors (Lipinski definition) is 3. The van der Waals surface area contributed by atoms with E-state index in [-0.39, 0.29) is 30.9 Å². The Kier molecular flexibility index (Phi) is 5.92. The maximum Gasteiger partial charge on any atom is 0.391 e. The van der Waals surface area contributed by atoms with Crippen molar-refractivity contribution in [2.24, 2.45) is 5.92 Å². The van der Waals surface area contributed by atoms with Crippen LogP contribution in [0.3, 0.4) is 0 Å². The lowest BCUT2D eigenvalue weighted by molar-refractivity contribution is -0.182. The first kappa shape index (κ1) is 20.6. The Morgan fingerprint density at radius 1 is 1.21 bits per heavy atom. The molecule has 6 nitrogen and oxygen atoms in total. The van der Waals surface area contributed by atoms with Gasteiger partial charge in [0.15, 0.2) is 0 Å². The van der Waals surface area contributed by atoms with Gasteiger partial charge in [-0.2, -0.15) is 13.2 Å². The van der Waals surface area contributed by atoms with E-state index >= 15 is 0 Å². The van der Waals surface area contributed by atoms with E-state index in [1.807, 2.05) is 11.0 Å². The van der Waals surface area contributed by atoms with Crippen LogP contribution < -0.4 is 21.3 Å². The van der Waals surface area contributed by atoms with Crippen LogP contribution in [0.15, 0.2) is 12.1 Å². The predicted molar refractivity (Wildman–Crippen MR) is 103 cm³/mol. The van der Waals surface area contributed by atoms with Crippen molar-refractivity contribution < 1.29 is 22.7 Å². The molecule has 1 saturated heterocycles. The van der Waals surface area contributed by atoms with Crippen LogP contribution in [0.4, 0.5) is 30.2 Å². The summed E-state index contributed by atoms with van der Waals surface area (Å²) in [5.74, 6) is -1.57. The van der Waals surface area contributed by atoms with E-state index in [1.54, 1.807) is 20.2 Å². The predicted octanol–water partition coefficient (Wildman–Crippen LogP) is 3.00. The molecule has 1 aliphatic carbocycles. The van der Waals surface area contributed by atoms with Crippen LogP contribution in [0.5, 0.6) is 0 Å². The molecule has 1 aromatic rings. The number of halogens is 3. The molecule has 1 saturated carbocycles. The van der Waals surface area contributed by atoms with Crippen molar-refractivity contribution in [2.45, 2.75) is 44.0 Å². The van der Waals surface area contributed by atoms with Crippen LogP contribution in [0.25, 0.3) is 0 Å². The Hall–Kier alpha value is -2.16. The highest BCUT2D eigenvalue weighted by Crippen LogP contribution is 2.38. The molecule has 0 spiro atoms. The Labute approximate surface area is 162 Å². The van der Waals surface area contributed by atoms with Crippen molar-refractivity contribution in [2.75, 3.05) is 43.2 Å². The van der Waals surface area contributed by atoms with Crippen molar-refractivity contribution in [1.29, 1.82) is 0 Å². The number of hydrogen-bond acceptors (Lipinski definition) is 5. The van der Waals surface area contributed by atoms with E-state index in [9.17, 15) is 18.0 Å². The molecule has 2 aliphatic rings. The number of nitrogens with one attached hydrogen (secondary N) is 2. The molecule has 1 amide bonds. The summed E-state index contributed by atoms with van der Waals surface area (Å²) < 4.78 is 43.8. The third kappa shape index (κ3) is 4.29. The van der Waals surface area contributed by atoms with Crippen LogP contribution >= 0.6 is 0 Å². The van der Waals surface area contributed by atoms with Gasteiger partial charge in [-0.25, -0.2) is 0 Å². The van der Waals surface area contributed by atoms with E-state index in [2.05, 4.69) is 10.6 Å². The number of nitrogen functional groups attached to an aromatic ring is 1. The molecule has 28 heavy (non-hydrogen) atoms. The summed E-state index contributed by atoms with van der Waals surface area (Å²) in [6.07, 6.45) is -3.30. The number of nitrogens with zero attached hydrogens (tertiary/aromatic N) is 1.